The van der Waals surface area contributed by atoms with Gasteiger partial charge in [-0.2, -0.15) is 4.98 Å². The van der Waals surface area contributed by atoms with Crippen molar-refractivity contribution in [3.63, 3.8) is 0 Å². The van der Waals surface area contributed by atoms with Gasteiger partial charge in [-0.1, -0.05) is 0 Å². The zero-order valence-electron chi connectivity index (χ0n) is 12.5. The van der Waals surface area contributed by atoms with E-state index < -0.39 is 5.97 Å². The van der Waals surface area contributed by atoms with Crippen LogP contribution < -0.4 is 4.90 Å². The van der Waals surface area contributed by atoms with Crippen LogP contribution in [0.15, 0.2) is 24.7 Å². The maximum atomic E-state index is 10.9. The molecule has 0 radical (unpaired) electrons. The number of anilines is 1. The number of carbonyl (C=O) groups is 1. The number of aryl methyl sites for hydroxylation is 1. The Morgan fingerprint density at radius 3 is 3.00 bits per heavy atom. The molecule has 116 valence electrons. The maximum Gasteiger partial charge on any atom is 0.303 e. The topological polar surface area (TPSA) is 84.1 Å². The lowest BCUT2D eigenvalue weighted by atomic mass is 9.95. The molecule has 0 spiro atoms. The summed E-state index contributed by atoms with van der Waals surface area (Å²) in [5, 5.41) is 8.97. The van der Waals surface area contributed by atoms with E-state index in [2.05, 4.69) is 19.9 Å². The Kier molecular flexibility index (Phi) is 4.04. The molecule has 1 fully saturated rings. The van der Waals surface area contributed by atoms with E-state index in [9.17, 15) is 4.79 Å². The summed E-state index contributed by atoms with van der Waals surface area (Å²) in [6.45, 7) is 3.53. The Hall–Kier alpha value is -2.44. The Morgan fingerprint density at radius 1 is 1.41 bits per heavy atom. The summed E-state index contributed by atoms with van der Waals surface area (Å²) in [6.07, 6.45) is 7.45. The second-order valence-corrected chi connectivity index (χ2v) is 5.61. The van der Waals surface area contributed by atoms with Gasteiger partial charge in [-0.05, 0) is 31.7 Å². The van der Waals surface area contributed by atoms with Gasteiger partial charge >= 0.3 is 5.97 Å². The summed E-state index contributed by atoms with van der Waals surface area (Å²) in [4.78, 5) is 26.1. The smallest absolute Gasteiger partial charge is 0.303 e. The van der Waals surface area contributed by atoms with Crippen LogP contribution in [-0.2, 0) is 4.79 Å². The average molecular weight is 301 g/mol. The molecule has 7 nitrogen and oxygen atoms in total. The van der Waals surface area contributed by atoms with Crippen LogP contribution in [0.1, 0.15) is 25.1 Å². The van der Waals surface area contributed by atoms with E-state index in [1.807, 2.05) is 23.8 Å². The lowest BCUT2D eigenvalue weighted by molar-refractivity contribution is -0.138. The van der Waals surface area contributed by atoms with Gasteiger partial charge in [0, 0.05) is 38.1 Å². The van der Waals surface area contributed by atoms with Crippen molar-refractivity contribution >= 4 is 11.8 Å². The number of aliphatic carboxylic acids is 1. The van der Waals surface area contributed by atoms with Gasteiger partial charge < -0.3 is 10.0 Å². The predicted octanol–water partition coefficient (Wildman–Crippen LogP) is 1.66. The van der Waals surface area contributed by atoms with Gasteiger partial charge in [0.05, 0.1) is 0 Å². The highest BCUT2D eigenvalue weighted by Gasteiger charge is 2.23. The summed E-state index contributed by atoms with van der Waals surface area (Å²) in [7, 11) is 0. The zero-order valence-corrected chi connectivity index (χ0v) is 12.5. The maximum absolute atomic E-state index is 10.9. The first-order chi connectivity index (χ1) is 10.6. The molecule has 1 N–H and O–H groups in total. The monoisotopic (exact) mass is 301 g/mol. The molecule has 2 aromatic heterocycles. The third kappa shape index (κ3) is 3.08. The summed E-state index contributed by atoms with van der Waals surface area (Å²) >= 11 is 0. The molecular formula is C15H19N5O2. The highest BCUT2D eigenvalue weighted by Crippen LogP contribution is 2.24. The summed E-state index contributed by atoms with van der Waals surface area (Å²) in [5.41, 5.74) is 0. The molecule has 1 aliphatic heterocycles. The summed E-state index contributed by atoms with van der Waals surface area (Å²) < 4.78 is 1.84. The largest absolute Gasteiger partial charge is 0.481 e. The number of imidazole rings is 1. The number of hydrogen-bond acceptors (Lipinski definition) is 5. The van der Waals surface area contributed by atoms with Crippen LogP contribution in [0.25, 0.3) is 5.95 Å². The number of rotatable bonds is 4. The molecule has 7 heteroatoms. The van der Waals surface area contributed by atoms with Crippen LogP contribution in [0.2, 0.25) is 0 Å². The minimum atomic E-state index is -0.732. The lowest BCUT2D eigenvalue weighted by Crippen LogP contribution is -2.37. The van der Waals surface area contributed by atoms with Crippen molar-refractivity contribution in [2.24, 2.45) is 5.92 Å². The molecule has 22 heavy (non-hydrogen) atoms. The average Bonchev–Trinajstić information content (AvgIpc) is 2.93. The molecule has 0 saturated carbocycles. The first-order valence-corrected chi connectivity index (χ1v) is 7.43. The molecular weight excluding hydrogens is 282 g/mol. The van der Waals surface area contributed by atoms with E-state index in [1.165, 1.54) is 0 Å². The molecule has 0 amide bonds. The Labute approximate surface area is 128 Å². The van der Waals surface area contributed by atoms with Crippen molar-refractivity contribution in [1.82, 2.24) is 19.5 Å². The van der Waals surface area contributed by atoms with Crippen molar-refractivity contribution in [2.45, 2.75) is 26.2 Å². The van der Waals surface area contributed by atoms with Crippen molar-refractivity contribution in [3.05, 3.63) is 30.5 Å². The highest BCUT2D eigenvalue weighted by molar-refractivity contribution is 5.67. The predicted molar refractivity (Wildman–Crippen MR) is 81.1 cm³/mol. The van der Waals surface area contributed by atoms with Crippen LogP contribution in [0.5, 0.6) is 0 Å². The van der Waals surface area contributed by atoms with Crippen LogP contribution in [0, 0.1) is 12.8 Å². The first-order valence-electron chi connectivity index (χ1n) is 7.43. The Morgan fingerprint density at radius 2 is 2.27 bits per heavy atom. The van der Waals surface area contributed by atoms with E-state index >= 15 is 0 Å². The van der Waals surface area contributed by atoms with Gasteiger partial charge in [0.1, 0.15) is 11.6 Å². The molecule has 3 heterocycles. The highest BCUT2D eigenvalue weighted by atomic mass is 16.4. The normalized spacial score (nSPS) is 18.4. The van der Waals surface area contributed by atoms with Crippen LogP contribution in [0.4, 0.5) is 5.82 Å². The number of aromatic nitrogens is 4. The number of nitrogens with zero attached hydrogens (tertiary/aromatic N) is 5. The summed E-state index contributed by atoms with van der Waals surface area (Å²) in [6, 6.07) is 1.87. The minimum Gasteiger partial charge on any atom is -0.481 e. The van der Waals surface area contributed by atoms with Gasteiger partial charge in [-0.3, -0.25) is 9.36 Å². The number of carboxylic acid groups (broad SMARTS) is 1. The molecule has 0 bridgehead atoms. The zero-order chi connectivity index (χ0) is 15.5. The van der Waals surface area contributed by atoms with Crippen molar-refractivity contribution in [3.8, 4) is 5.95 Å². The quantitative estimate of drug-likeness (QED) is 0.924. The van der Waals surface area contributed by atoms with Gasteiger partial charge in [-0.15, -0.1) is 0 Å². The molecule has 1 unspecified atom stereocenters. The standard InChI is InChI=1S/C15H19N5O2/c1-11-16-6-8-20(11)15-17-5-4-13(18-15)19-7-2-3-12(10-19)9-14(21)22/h4-6,8,12H,2-3,7,9-10H2,1H3,(H,21,22). The van der Waals surface area contributed by atoms with Crippen LogP contribution in [-0.4, -0.2) is 43.7 Å². The fourth-order valence-electron chi connectivity index (χ4n) is 2.91. The van der Waals surface area contributed by atoms with Gasteiger partial charge in [0.15, 0.2) is 0 Å². The Bertz CT molecular complexity index is 669. The number of hydrogen-bond donors (Lipinski definition) is 1. The van der Waals surface area contributed by atoms with Crippen molar-refractivity contribution in [2.75, 3.05) is 18.0 Å². The first kappa shape index (κ1) is 14.5. The molecule has 0 aliphatic carbocycles. The molecule has 3 rings (SSSR count). The van der Waals surface area contributed by atoms with Crippen molar-refractivity contribution in [1.29, 1.82) is 0 Å². The fourth-order valence-corrected chi connectivity index (χ4v) is 2.91. The fraction of sp³-hybridized carbons (Fsp3) is 0.467. The lowest BCUT2D eigenvalue weighted by Gasteiger charge is -2.33. The van der Waals surface area contributed by atoms with E-state index in [1.54, 1.807) is 12.4 Å². The Balaban J connectivity index is 1.80. The van der Waals surface area contributed by atoms with Crippen LogP contribution in [0.3, 0.4) is 0 Å². The van der Waals surface area contributed by atoms with Crippen molar-refractivity contribution < 1.29 is 9.90 Å². The second-order valence-electron chi connectivity index (χ2n) is 5.61. The molecule has 1 aliphatic rings. The second kappa shape index (κ2) is 6.13. The molecule has 0 aromatic carbocycles. The van der Waals surface area contributed by atoms with Gasteiger partial charge in [-0.25, -0.2) is 9.97 Å². The van der Waals surface area contributed by atoms with Gasteiger partial charge in [0.25, 0.3) is 0 Å². The van der Waals surface area contributed by atoms with E-state index in [0.29, 0.717) is 5.95 Å². The minimum absolute atomic E-state index is 0.180. The SMILES string of the molecule is Cc1nccn1-c1nccc(N2CCCC(CC(=O)O)C2)n1. The third-order valence-electron chi connectivity index (χ3n) is 3.98. The van der Waals surface area contributed by atoms with Gasteiger partial charge in [0.2, 0.25) is 5.95 Å². The van der Waals surface area contributed by atoms with E-state index in [-0.39, 0.29) is 12.3 Å². The molecule has 1 atom stereocenters. The third-order valence-corrected chi connectivity index (χ3v) is 3.98. The molecule has 2 aromatic rings. The number of carboxylic acids is 1. The van der Waals surface area contributed by atoms with Crippen LogP contribution >= 0.6 is 0 Å². The summed E-state index contributed by atoms with van der Waals surface area (Å²) in [5.74, 6) is 1.71. The van der Waals surface area contributed by atoms with E-state index in [4.69, 9.17) is 5.11 Å². The number of piperidine rings is 1. The molecule has 1 saturated heterocycles. The van der Waals surface area contributed by atoms with E-state index in [0.717, 1.165) is 37.6 Å².